The van der Waals surface area contributed by atoms with E-state index < -0.39 is 6.10 Å². The summed E-state index contributed by atoms with van der Waals surface area (Å²) in [6, 6.07) is 3.76. The summed E-state index contributed by atoms with van der Waals surface area (Å²) in [7, 11) is 1.59. The molecule has 0 radical (unpaired) electrons. The lowest BCUT2D eigenvalue weighted by atomic mass is 10.2. The number of aliphatic hydroxyl groups is 1. The van der Waals surface area contributed by atoms with Crippen molar-refractivity contribution in [3.63, 3.8) is 0 Å². The van der Waals surface area contributed by atoms with Crippen LogP contribution in [0.3, 0.4) is 0 Å². The lowest BCUT2D eigenvalue weighted by Gasteiger charge is -2.22. The minimum Gasteiger partial charge on any atom is -0.481 e. The molecule has 0 saturated heterocycles. The highest BCUT2D eigenvalue weighted by atomic mass is 16.5. The molecule has 1 heterocycles. The molecular formula is C14H24N2O3. The fourth-order valence-electron chi connectivity index (χ4n) is 1.42. The van der Waals surface area contributed by atoms with Crippen LogP contribution in [0.5, 0.6) is 5.88 Å². The van der Waals surface area contributed by atoms with E-state index in [0.717, 1.165) is 5.56 Å². The molecule has 1 rings (SSSR count). The molecule has 0 fully saturated rings. The zero-order valence-electron chi connectivity index (χ0n) is 12.1. The van der Waals surface area contributed by atoms with Gasteiger partial charge in [0, 0.05) is 25.4 Å². The molecule has 0 aliphatic carbocycles. The van der Waals surface area contributed by atoms with Crippen molar-refractivity contribution in [1.29, 1.82) is 0 Å². The molecule has 1 atom stereocenters. The van der Waals surface area contributed by atoms with Gasteiger partial charge in [0.05, 0.1) is 25.4 Å². The number of methoxy groups -OCH3 is 1. The number of pyridine rings is 1. The third-order valence-corrected chi connectivity index (χ3v) is 2.42. The Bertz CT molecular complexity index is 360. The van der Waals surface area contributed by atoms with Crippen LogP contribution >= 0.6 is 0 Å². The Morgan fingerprint density at radius 2 is 2.11 bits per heavy atom. The van der Waals surface area contributed by atoms with Crippen LogP contribution in [0.15, 0.2) is 18.3 Å². The maximum Gasteiger partial charge on any atom is 0.212 e. The van der Waals surface area contributed by atoms with E-state index in [-0.39, 0.29) is 5.60 Å². The van der Waals surface area contributed by atoms with Gasteiger partial charge in [-0.15, -0.1) is 0 Å². The topological polar surface area (TPSA) is 63.6 Å². The van der Waals surface area contributed by atoms with E-state index in [0.29, 0.717) is 25.6 Å². The van der Waals surface area contributed by atoms with Gasteiger partial charge in [0.15, 0.2) is 0 Å². The molecule has 2 N–H and O–H groups in total. The Kier molecular flexibility index (Phi) is 6.21. The zero-order valence-corrected chi connectivity index (χ0v) is 12.1. The molecule has 0 aromatic carbocycles. The number of rotatable bonds is 7. The summed E-state index contributed by atoms with van der Waals surface area (Å²) in [6.45, 7) is 7.38. The molecule has 0 bridgehead atoms. The Morgan fingerprint density at radius 1 is 1.37 bits per heavy atom. The normalized spacial score (nSPS) is 13.3. The fourth-order valence-corrected chi connectivity index (χ4v) is 1.42. The van der Waals surface area contributed by atoms with Crippen LogP contribution in [0.25, 0.3) is 0 Å². The minimum atomic E-state index is -0.509. The van der Waals surface area contributed by atoms with E-state index >= 15 is 0 Å². The van der Waals surface area contributed by atoms with Crippen molar-refractivity contribution >= 4 is 0 Å². The number of ether oxygens (including phenoxy) is 2. The van der Waals surface area contributed by atoms with Crippen molar-refractivity contribution in [1.82, 2.24) is 10.3 Å². The third-order valence-electron chi connectivity index (χ3n) is 2.42. The standard InChI is InChI=1S/C14H24N2O3/c1-14(2,3)19-10-12(17)9-15-7-11-5-6-13(18-4)16-8-11/h5-6,8,12,15,17H,7,9-10H2,1-4H3. The van der Waals surface area contributed by atoms with Crippen LogP contribution in [0.4, 0.5) is 0 Å². The Balaban J connectivity index is 2.22. The smallest absolute Gasteiger partial charge is 0.212 e. The fraction of sp³-hybridized carbons (Fsp3) is 0.643. The van der Waals surface area contributed by atoms with Gasteiger partial charge in [-0.2, -0.15) is 0 Å². The minimum absolute atomic E-state index is 0.221. The summed E-state index contributed by atoms with van der Waals surface area (Å²) >= 11 is 0. The Labute approximate surface area is 115 Å². The molecule has 0 saturated carbocycles. The van der Waals surface area contributed by atoms with Gasteiger partial charge in [0.25, 0.3) is 0 Å². The van der Waals surface area contributed by atoms with E-state index in [1.165, 1.54) is 0 Å². The number of aliphatic hydroxyl groups excluding tert-OH is 1. The van der Waals surface area contributed by atoms with Gasteiger partial charge in [0.2, 0.25) is 5.88 Å². The second-order valence-corrected chi connectivity index (χ2v) is 5.42. The summed E-state index contributed by atoms with van der Waals surface area (Å²) < 4.78 is 10.5. The van der Waals surface area contributed by atoms with Crippen LogP contribution in [-0.2, 0) is 11.3 Å². The molecule has 0 aliphatic heterocycles. The van der Waals surface area contributed by atoms with Crippen molar-refractivity contribution in [2.45, 2.75) is 39.0 Å². The van der Waals surface area contributed by atoms with Crippen molar-refractivity contribution in [2.75, 3.05) is 20.3 Å². The van der Waals surface area contributed by atoms with E-state index in [1.807, 2.05) is 32.9 Å². The Hall–Kier alpha value is -1.17. The van der Waals surface area contributed by atoms with Crippen molar-refractivity contribution in [3.05, 3.63) is 23.9 Å². The molecule has 0 aliphatic rings. The first-order chi connectivity index (χ1) is 8.90. The molecule has 5 heteroatoms. The van der Waals surface area contributed by atoms with E-state index in [4.69, 9.17) is 9.47 Å². The van der Waals surface area contributed by atoms with E-state index in [9.17, 15) is 5.11 Å². The average Bonchev–Trinajstić information content (AvgIpc) is 2.36. The largest absolute Gasteiger partial charge is 0.481 e. The maximum atomic E-state index is 9.75. The molecule has 1 aromatic rings. The molecule has 1 unspecified atom stereocenters. The van der Waals surface area contributed by atoms with Crippen LogP contribution in [0.1, 0.15) is 26.3 Å². The SMILES string of the molecule is COc1ccc(CNCC(O)COC(C)(C)C)cn1. The van der Waals surface area contributed by atoms with E-state index in [1.54, 1.807) is 13.3 Å². The lowest BCUT2D eigenvalue weighted by molar-refractivity contribution is -0.0479. The Morgan fingerprint density at radius 3 is 2.63 bits per heavy atom. The number of nitrogens with one attached hydrogen (secondary N) is 1. The monoisotopic (exact) mass is 268 g/mol. The molecule has 0 amide bonds. The molecule has 19 heavy (non-hydrogen) atoms. The molecule has 1 aromatic heterocycles. The average molecular weight is 268 g/mol. The van der Waals surface area contributed by atoms with Gasteiger partial charge in [-0.05, 0) is 26.3 Å². The second-order valence-electron chi connectivity index (χ2n) is 5.42. The van der Waals surface area contributed by atoms with Crippen LogP contribution < -0.4 is 10.1 Å². The molecule has 5 nitrogen and oxygen atoms in total. The van der Waals surface area contributed by atoms with Gasteiger partial charge < -0.3 is 19.9 Å². The number of aromatic nitrogens is 1. The van der Waals surface area contributed by atoms with Gasteiger partial charge >= 0.3 is 0 Å². The van der Waals surface area contributed by atoms with Gasteiger partial charge in [-0.25, -0.2) is 4.98 Å². The first-order valence-corrected chi connectivity index (χ1v) is 6.42. The molecule has 0 spiro atoms. The third kappa shape index (κ3) is 7.10. The molecular weight excluding hydrogens is 244 g/mol. The maximum absolute atomic E-state index is 9.75. The summed E-state index contributed by atoms with van der Waals surface area (Å²) in [5.74, 6) is 0.599. The highest BCUT2D eigenvalue weighted by Gasteiger charge is 2.13. The number of hydrogen-bond donors (Lipinski definition) is 2. The molecule has 108 valence electrons. The van der Waals surface area contributed by atoms with Crippen LogP contribution in [-0.4, -0.2) is 42.1 Å². The predicted molar refractivity (Wildman–Crippen MR) is 74.2 cm³/mol. The van der Waals surface area contributed by atoms with Crippen molar-refractivity contribution in [2.24, 2.45) is 0 Å². The highest BCUT2D eigenvalue weighted by molar-refractivity contribution is 5.17. The zero-order chi connectivity index (χ0) is 14.3. The van der Waals surface area contributed by atoms with Gasteiger partial charge in [-0.1, -0.05) is 6.07 Å². The van der Waals surface area contributed by atoms with Crippen LogP contribution in [0, 0.1) is 0 Å². The van der Waals surface area contributed by atoms with Gasteiger partial charge in [-0.3, -0.25) is 0 Å². The second kappa shape index (κ2) is 7.43. The van der Waals surface area contributed by atoms with Crippen molar-refractivity contribution in [3.8, 4) is 5.88 Å². The number of nitrogens with zero attached hydrogens (tertiary/aromatic N) is 1. The highest BCUT2D eigenvalue weighted by Crippen LogP contribution is 2.07. The summed E-state index contributed by atoms with van der Waals surface area (Å²) in [4.78, 5) is 4.11. The predicted octanol–water partition coefficient (Wildman–Crippen LogP) is 1.36. The summed E-state index contributed by atoms with van der Waals surface area (Å²) in [5, 5.41) is 12.9. The summed E-state index contributed by atoms with van der Waals surface area (Å²) in [5.41, 5.74) is 0.825. The lowest BCUT2D eigenvalue weighted by Crippen LogP contribution is -2.33. The van der Waals surface area contributed by atoms with E-state index in [2.05, 4.69) is 10.3 Å². The summed E-state index contributed by atoms with van der Waals surface area (Å²) in [6.07, 6.45) is 1.24. The first-order valence-electron chi connectivity index (χ1n) is 6.42. The first kappa shape index (κ1) is 15.9. The van der Waals surface area contributed by atoms with Crippen molar-refractivity contribution < 1.29 is 14.6 Å². The van der Waals surface area contributed by atoms with Gasteiger partial charge in [0.1, 0.15) is 0 Å². The quantitative estimate of drug-likeness (QED) is 0.781. The number of hydrogen-bond acceptors (Lipinski definition) is 5. The van der Waals surface area contributed by atoms with Crippen LogP contribution in [0.2, 0.25) is 0 Å².